The molecule has 0 saturated carbocycles. The molecule has 2 nitrogen and oxygen atoms in total. The minimum absolute atomic E-state index is 0.0376. The quantitative estimate of drug-likeness (QED) is 0.835. The molecule has 0 bridgehead atoms. The highest BCUT2D eigenvalue weighted by atomic mass is 16.1. The fraction of sp³-hybridized carbons (Fsp3) is 0.158. The average molecular weight is 276 g/mol. The van der Waals surface area contributed by atoms with Gasteiger partial charge in [0.15, 0.2) is 11.6 Å². The van der Waals surface area contributed by atoms with Crippen molar-refractivity contribution in [2.45, 2.75) is 20.3 Å². The molecule has 0 N–H and O–H groups in total. The van der Waals surface area contributed by atoms with E-state index in [1.807, 2.05) is 13.8 Å². The van der Waals surface area contributed by atoms with Gasteiger partial charge in [-0.3, -0.25) is 9.59 Å². The number of aryl methyl sites for hydroxylation is 2. The average Bonchev–Trinajstić information content (AvgIpc) is 2.43. The van der Waals surface area contributed by atoms with E-state index in [2.05, 4.69) is 18.2 Å². The van der Waals surface area contributed by atoms with Crippen LogP contribution in [0.5, 0.6) is 0 Å². The van der Waals surface area contributed by atoms with Crippen molar-refractivity contribution in [3.8, 4) is 0 Å². The molecule has 3 rings (SSSR count). The van der Waals surface area contributed by atoms with E-state index in [1.54, 1.807) is 24.3 Å². The van der Waals surface area contributed by atoms with Gasteiger partial charge < -0.3 is 0 Å². The molecule has 0 saturated heterocycles. The third kappa shape index (κ3) is 2.57. The summed E-state index contributed by atoms with van der Waals surface area (Å²) in [6.07, 6.45) is 1.99. The molecule has 0 fully saturated rings. The van der Waals surface area contributed by atoms with Gasteiger partial charge in [0.25, 0.3) is 0 Å². The van der Waals surface area contributed by atoms with Crippen molar-refractivity contribution in [2.75, 3.05) is 0 Å². The third-order valence-corrected chi connectivity index (χ3v) is 3.71. The molecule has 104 valence electrons. The van der Waals surface area contributed by atoms with Crippen LogP contribution in [0.4, 0.5) is 0 Å². The maximum atomic E-state index is 12.5. The van der Waals surface area contributed by atoms with Crippen molar-refractivity contribution in [1.82, 2.24) is 0 Å². The van der Waals surface area contributed by atoms with Crippen LogP contribution in [0.15, 0.2) is 54.1 Å². The van der Waals surface area contributed by atoms with Gasteiger partial charge in [0.05, 0.1) is 0 Å². The number of carbonyl (C=O) groups is 2. The Bertz CT molecular complexity index is 762. The number of hydrogen-bond donors (Lipinski definition) is 0. The Kier molecular flexibility index (Phi) is 3.30. The second kappa shape index (κ2) is 5.13. The van der Waals surface area contributed by atoms with Crippen LogP contribution in [0, 0.1) is 13.8 Å². The summed E-state index contributed by atoms with van der Waals surface area (Å²) in [7, 11) is 0. The van der Waals surface area contributed by atoms with Gasteiger partial charge >= 0.3 is 0 Å². The zero-order valence-corrected chi connectivity index (χ0v) is 12.1. The second-order valence-electron chi connectivity index (χ2n) is 5.58. The van der Waals surface area contributed by atoms with Gasteiger partial charge in [0.2, 0.25) is 0 Å². The smallest absolute Gasteiger partial charge is 0.190 e. The summed E-state index contributed by atoms with van der Waals surface area (Å²) in [6, 6.07) is 13.2. The fourth-order valence-electron chi connectivity index (χ4n) is 2.89. The molecule has 0 aromatic heterocycles. The van der Waals surface area contributed by atoms with E-state index < -0.39 is 0 Å². The number of hydrogen-bond acceptors (Lipinski definition) is 2. The topological polar surface area (TPSA) is 34.1 Å². The Labute approximate surface area is 124 Å². The third-order valence-electron chi connectivity index (χ3n) is 3.71. The van der Waals surface area contributed by atoms with Crippen molar-refractivity contribution in [2.24, 2.45) is 0 Å². The number of fused-ring (bicyclic) bond motifs is 1. The minimum Gasteiger partial charge on any atom is -0.289 e. The van der Waals surface area contributed by atoms with Crippen LogP contribution in [0.3, 0.4) is 0 Å². The molecule has 0 unspecified atom stereocenters. The van der Waals surface area contributed by atoms with E-state index in [4.69, 9.17) is 0 Å². The zero-order valence-electron chi connectivity index (χ0n) is 12.1. The highest BCUT2D eigenvalue weighted by molar-refractivity contribution is 6.24. The first-order valence-corrected chi connectivity index (χ1v) is 7.00. The fourth-order valence-corrected chi connectivity index (χ4v) is 2.89. The van der Waals surface area contributed by atoms with E-state index in [0.717, 1.165) is 5.56 Å². The van der Waals surface area contributed by atoms with Crippen molar-refractivity contribution >= 4 is 11.6 Å². The van der Waals surface area contributed by atoms with Crippen LogP contribution in [0.25, 0.3) is 0 Å². The number of Topliss-reactive ketones (excluding diaryl/α,β-unsaturated/α-hetero) is 1. The molecule has 1 aliphatic rings. The molecule has 0 heterocycles. The summed E-state index contributed by atoms with van der Waals surface area (Å²) < 4.78 is 0. The number of carbonyl (C=O) groups excluding carboxylic acids is 2. The standard InChI is InChI=1S/C19H16O2/c1-12-7-13(2)9-14(8-12)10-15-11-18(20)16-5-3-4-6-17(16)19(15)21/h3-9,11H,10H2,1-2H3. The molecule has 2 heteroatoms. The summed E-state index contributed by atoms with van der Waals surface area (Å²) in [5.74, 6) is -0.117. The van der Waals surface area contributed by atoms with Crippen LogP contribution in [-0.2, 0) is 6.42 Å². The Hall–Kier alpha value is -2.48. The van der Waals surface area contributed by atoms with Crippen LogP contribution in [-0.4, -0.2) is 11.6 Å². The van der Waals surface area contributed by atoms with E-state index in [0.29, 0.717) is 23.1 Å². The Morgan fingerprint density at radius 1 is 0.857 bits per heavy atom. The van der Waals surface area contributed by atoms with E-state index in [1.165, 1.54) is 17.2 Å². The molecule has 0 aliphatic heterocycles. The number of allylic oxidation sites excluding steroid dienone is 2. The number of rotatable bonds is 2. The molecule has 1 aliphatic carbocycles. The maximum absolute atomic E-state index is 12.5. The molecular weight excluding hydrogens is 260 g/mol. The van der Waals surface area contributed by atoms with Crippen molar-refractivity contribution in [3.05, 3.63) is 81.9 Å². The van der Waals surface area contributed by atoms with Crippen molar-refractivity contribution < 1.29 is 9.59 Å². The monoisotopic (exact) mass is 276 g/mol. The van der Waals surface area contributed by atoms with Gasteiger partial charge in [0, 0.05) is 23.1 Å². The summed E-state index contributed by atoms with van der Waals surface area (Å²) in [5.41, 5.74) is 5.00. The Morgan fingerprint density at radius 2 is 1.48 bits per heavy atom. The zero-order chi connectivity index (χ0) is 15.0. The molecule has 0 atom stereocenters. The van der Waals surface area contributed by atoms with Crippen LogP contribution in [0.1, 0.15) is 37.4 Å². The predicted molar refractivity (Wildman–Crippen MR) is 82.8 cm³/mol. The Balaban J connectivity index is 1.97. The van der Waals surface area contributed by atoms with Crippen LogP contribution < -0.4 is 0 Å². The lowest BCUT2D eigenvalue weighted by Crippen LogP contribution is -2.18. The lowest BCUT2D eigenvalue weighted by atomic mass is 9.86. The SMILES string of the molecule is Cc1cc(C)cc(CC2=CC(=O)c3ccccc3C2=O)c1. The summed E-state index contributed by atoms with van der Waals surface area (Å²) in [6.45, 7) is 4.07. The van der Waals surface area contributed by atoms with Crippen molar-refractivity contribution in [1.29, 1.82) is 0 Å². The van der Waals surface area contributed by atoms with Gasteiger partial charge in [-0.15, -0.1) is 0 Å². The number of benzene rings is 2. The summed E-state index contributed by atoms with van der Waals surface area (Å²) in [4.78, 5) is 24.7. The van der Waals surface area contributed by atoms with Gasteiger partial charge in [-0.2, -0.15) is 0 Å². The van der Waals surface area contributed by atoms with E-state index in [9.17, 15) is 9.59 Å². The van der Waals surface area contributed by atoms with Gasteiger partial charge in [-0.25, -0.2) is 0 Å². The van der Waals surface area contributed by atoms with Crippen LogP contribution in [0.2, 0.25) is 0 Å². The molecule has 2 aromatic rings. The largest absolute Gasteiger partial charge is 0.289 e. The first-order valence-electron chi connectivity index (χ1n) is 7.00. The van der Waals surface area contributed by atoms with E-state index in [-0.39, 0.29) is 11.6 Å². The highest BCUT2D eigenvalue weighted by Gasteiger charge is 2.24. The highest BCUT2D eigenvalue weighted by Crippen LogP contribution is 2.24. The molecule has 0 spiro atoms. The normalized spacial score (nSPS) is 13.9. The molecule has 2 aromatic carbocycles. The molecular formula is C19H16O2. The second-order valence-corrected chi connectivity index (χ2v) is 5.58. The summed E-state index contributed by atoms with van der Waals surface area (Å²) in [5, 5.41) is 0. The van der Waals surface area contributed by atoms with Gasteiger partial charge in [-0.05, 0) is 25.5 Å². The van der Waals surface area contributed by atoms with Crippen molar-refractivity contribution in [3.63, 3.8) is 0 Å². The van der Waals surface area contributed by atoms with Gasteiger partial charge in [0.1, 0.15) is 0 Å². The minimum atomic E-state index is -0.0791. The lowest BCUT2D eigenvalue weighted by molar-refractivity contribution is 0.0982. The van der Waals surface area contributed by atoms with Gasteiger partial charge in [-0.1, -0.05) is 53.6 Å². The van der Waals surface area contributed by atoms with E-state index >= 15 is 0 Å². The predicted octanol–water partition coefficient (Wildman–Crippen LogP) is 3.85. The number of ketones is 2. The first-order chi connectivity index (χ1) is 10.0. The molecule has 0 amide bonds. The van der Waals surface area contributed by atoms with Crippen LogP contribution >= 0.6 is 0 Å². The molecule has 21 heavy (non-hydrogen) atoms. The molecule has 0 radical (unpaired) electrons. The summed E-state index contributed by atoms with van der Waals surface area (Å²) >= 11 is 0. The Morgan fingerprint density at radius 3 is 2.14 bits per heavy atom. The lowest BCUT2D eigenvalue weighted by Gasteiger charge is -2.15. The first kappa shape index (κ1) is 13.5. The maximum Gasteiger partial charge on any atom is 0.190 e.